The summed E-state index contributed by atoms with van der Waals surface area (Å²) in [5.74, 6) is 1.80. The molecule has 0 saturated heterocycles. The number of benzene rings is 1. The molecule has 1 aromatic carbocycles. The van der Waals surface area contributed by atoms with E-state index in [1.165, 1.54) is 0 Å². The van der Waals surface area contributed by atoms with E-state index < -0.39 is 0 Å². The zero-order chi connectivity index (χ0) is 12.8. The first-order chi connectivity index (χ1) is 8.12. The lowest BCUT2D eigenvalue weighted by Crippen LogP contribution is -2.15. The summed E-state index contributed by atoms with van der Waals surface area (Å²) in [6.07, 6.45) is 0. The van der Waals surface area contributed by atoms with Crippen LogP contribution in [0, 0.1) is 0 Å². The minimum absolute atomic E-state index is 0.283. The molecule has 0 aliphatic heterocycles. The van der Waals surface area contributed by atoms with Crippen LogP contribution in [0.3, 0.4) is 0 Å². The summed E-state index contributed by atoms with van der Waals surface area (Å²) < 4.78 is 15.6. The minimum Gasteiger partial charge on any atom is -0.496 e. The van der Waals surface area contributed by atoms with Crippen LogP contribution in [0.25, 0.3) is 0 Å². The number of ether oxygens (including phenoxy) is 3. The van der Waals surface area contributed by atoms with E-state index in [1.807, 2.05) is 0 Å². The molecule has 0 fully saturated rings. The molecule has 1 rings (SSSR count). The average Bonchev–Trinajstić information content (AvgIpc) is 2.34. The van der Waals surface area contributed by atoms with Gasteiger partial charge in [0.25, 0.3) is 4.82 Å². The van der Waals surface area contributed by atoms with Crippen molar-refractivity contribution in [1.82, 2.24) is 5.32 Å². The van der Waals surface area contributed by atoms with E-state index in [1.54, 1.807) is 33.5 Å². The van der Waals surface area contributed by atoms with E-state index in [-0.39, 0.29) is 4.82 Å². The molecule has 17 heavy (non-hydrogen) atoms. The third kappa shape index (κ3) is 3.52. The smallest absolute Gasteiger partial charge is 0.287 e. The van der Waals surface area contributed by atoms with Crippen LogP contribution in [0.5, 0.6) is 17.2 Å². The molecule has 1 N–H and O–H groups in total. The Morgan fingerprint density at radius 2 is 1.65 bits per heavy atom. The first kappa shape index (κ1) is 13.6. The number of carbonyl (C=O) groups is 1. The van der Waals surface area contributed by atoms with E-state index >= 15 is 0 Å². The van der Waals surface area contributed by atoms with Crippen molar-refractivity contribution < 1.29 is 19.0 Å². The molecule has 0 atom stereocenters. The van der Waals surface area contributed by atoms with Gasteiger partial charge in [0.15, 0.2) is 11.5 Å². The number of hydrogen-bond acceptors (Lipinski definition) is 4. The van der Waals surface area contributed by atoms with Gasteiger partial charge in [-0.05, 0) is 6.07 Å². The second kappa shape index (κ2) is 6.34. The SMILES string of the molecule is COc1cc(OC)c(OC)cc1CNC(=O)Br. The molecule has 1 aromatic rings. The van der Waals surface area contributed by atoms with Crippen LogP contribution in [0.1, 0.15) is 5.56 Å². The number of halogens is 1. The first-order valence-corrected chi connectivity index (χ1v) is 5.64. The Bertz CT molecular complexity index is 409. The molecule has 0 unspecified atom stereocenters. The quantitative estimate of drug-likeness (QED) is 0.670. The van der Waals surface area contributed by atoms with Gasteiger partial charge in [-0.3, -0.25) is 4.79 Å². The summed E-state index contributed by atoms with van der Waals surface area (Å²) >= 11 is 2.80. The fraction of sp³-hybridized carbons (Fsp3) is 0.364. The highest BCUT2D eigenvalue weighted by molar-refractivity contribution is 9.18. The lowest BCUT2D eigenvalue weighted by atomic mass is 10.1. The molecule has 0 aliphatic rings. The molecule has 0 aromatic heterocycles. The molecular formula is C11H14BrNO4. The van der Waals surface area contributed by atoms with Crippen molar-refractivity contribution in [2.24, 2.45) is 0 Å². The first-order valence-electron chi connectivity index (χ1n) is 4.84. The van der Waals surface area contributed by atoms with E-state index in [2.05, 4.69) is 21.2 Å². The van der Waals surface area contributed by atoms with Crippen molar-refractivity contribution in [3.63, 3.8) is 0 Å². The summed E-state index contributed by atoms with van der Waals surface area (Å²) in [5, 5.41) is 2.63. The van der Waals surface area contributed by atoms with Crippen molar-refractivity contribution in [3.8, 4) is 17.2 Å². The van der Waals surface area contributed by atoms with Crippen molar-refractivity contribution in [2.45, 2.75) is 6.54 Å². The molecule has 0 radical (unpaired) electrons. The Labute approximate surface area is 108 Å². The van der Waals surface area contributed by atoms with Gasteiger partial charge in [0.2, 0.25) is 0 Å². The molecule has 5 nitrogen and oxygen atoms in total. The molecule has 0 heterocycles. The summed E-state index contributed by atoms with van der Waals surface area (Å²) in [7, 11) is 4.66. The highest BCUT2D eigenvalue weighted by Gasteiger charge is 2.11. The summed E-state index contributed by atoms with van der Waals surface area (Å²) in [5.41, 5.74) is 0.804. The third-order valence-electron chi connectivity index (χ3n) is 2.20. The van der Waals surface area contributed by atoms with Crippen molar-refractivity contribution in [1.29, 1.82) is 0 Å². The maximum Gasteiger partial charge on any atom is 0.287 e. The topological polar surface area (TPSA) is 56.8 Å². The van der Waals surface area contributed by atoms with Crippen molar-refractivity contribution in [2.75, 3.05) is 21.3 Å². The van der Waals surface area contributed by atoms with Gasteiger partial charge in [-0.15, -0.1) is 0 Å². The highest BCUT2D eigenvalue weighted by atomic mass is 79.9. The third-order valence-corrected chi connectivity index (χ3v) is 2.48. The highest BCUT2D eigenvalue weighted by Crippen LogP contribution is 2.34. The van der Waals surface area contributed by atoms with Crippen molar-refractivity contribution >= 4 is 20.7 Å². The van der Waals surface area contributed by atoms with Gasteiger partial charge in [0.05, 0.1) is 21.3 Å². The van der Waals surface area contributed by atoms with Gasteiger partial charge in [0.1, 0.15) is 5.75 Å². The van der Waals surface area contributed by atoms with Crippen molar-refractivity contribution in [3.05, 3.63) is 17.7 Å². The maximum absolute atomic E-state index is 10.8. The number of rotatable bonds is 5. The largest absolute Gasteiger partial charge is 0.496 e. The minimum atomic E-state index is -0.283. The Morgan fingerprint density at radius 1 is 1.12 bits per heavy atom. The summed E-state index contributed by atoms with van der Waals surface area (Å²) in [4.78, 5) is 10.5. The second-order valence-electron chi connectivity index (χ2n) is 3.15. The van der Waals surface area contributed by atoms with Gasteiger partial charge in [-0.2, -0.15) is 0 Å². The lowest BCUT2D eigenvalue weighted by Gasteiger charge is -2.13. The average molecular weight is 304 g/mol. The van der Waals surface area contributed by atoms with Crippen LogP contribution >= 0.6 is 15.9 Å². The van der Waals surface area contributed by atoms with Gasteiger partial charge in [-0.1, -0.05) is 0 Å². The molecule has 0 aliphatic carbocycles. The summed E-state index contributed by atoms with van der Waals surface area (Å²) in [6, 6.07) is 3.48. The lowest BCUT2D eigenvalue weighted by molar-refractivity contribution is 0.261. The normalized spacial score (nSPS) is 9.65. The molecule has 0 spiro atoms. The number of methoxy groups -OCH3 is 3. The fourth-order valence-corrected chi connectivity index (χ4v) is 1.54. The van der Waals surface area contributed by atoms with Crippen LogP contribution in [0.4, 0.5) is 4.79 Å². The van der Waals surface area contributed by atoms with Gasteiger partial charge in [0, 0.05) is 34.1 Å². The zero-order valence-corrected chi connectivity index (χ0v) is 11.5. The van der Waals surface area contributed by atoms with Crippen LogP contribution in [0.2, 0.25) is 0 Å². The molecule has 94 valence electrons. The zero-order valence-electron chi connectivity index (χ0n) is 9.87. The van der Waals surface area contributed by atoms with E-state index in [0.29, 0.717) is 23.8 Å². The molecular weight excluding hydrogens is 290 g/mol. The Hall–Kier alpha value is -1.43. The molecule has 0 saturated carbocycles. The number of hydrogen-bond donors (Lipinski definition) is 1. The Kier molecular flexibility index (Phi) is 5.09. The number of carbonyl (C=O) groups excluding carboxylic acids is 1. The maximum atomic E-state index is 10.8. The predicted molar refractivity (Wildman–Crippen MR) is 67.3 cm³/mol. The van der Waals surface area contributed by atoms with Crippen LogP contribution < -0.4 is 19.5 Å². The molecule has 0 bridgehead atoms. The van der Waals surface area contributed by atoms with E-state index in [4.69, 9.17) is 14.2 Å². The Balaban J connectivity index is 3.05. The predicted octanol–water partition coefficient (Wildman–Crippen LogP) is 2.32. The van der Waals surface area contributed by atoms with Crippen LogP contribution in [-0.2, 0) is 6.54 Å². The number of amides is 1. The van der Waals surface area contributed by atoms with Gasteiger partial charge in [-0.25, -0.2) is 0 Å². The van der Waals surface area contributed by atoms with Crippen LogP contribution in [-0.4, -0.2) is 26.1 Å². The summed E-state index contributed by atoms with van der Waals surface area (Å²) in [6.45, 7) is 0.341. The van der Waals surface area contributed by atoms with E-state index in [0.717, 1.165) is 5.56 Å². The molecule has 6 heteroatoms. The standard InChI is InChI=1S/C11H14BrNO4/c1-15-8-5-10(17-3)9(16-2)4-7(8)6-13-11(12)14/h4-5H,6H2,1-3H3,(H,13,14). The Morgan fingerprint density at radius 3 is 2.12 bits per heavy atom. The van der Waals surface area contributed by atoms with Gasteiger partial charge >= 0.3 is 0 Å². The van der Waals surface area contributed by atoms with Crippen LogP contribution in [0.15, 0.2) is 12.1 Å². The van der Waals surface area contributed by atoms with Gasteiger partial charge < -0.3 is 19.5 Å². The fourth-order valence-electron chi connectivity index (χ4n) is 1.40. The molecule has 1 amide bonds. The van der Waals surface area contributed by atoms with E-state index in [9.17, 15) is 4.79 Å². The number of nitrogens with one attached hydrogen (secondary N) is 1. The second-order valence-corrected chi connectivity index (χ2v) is 3.87. The monoisotopic (exact) mass is 303 g/mol.